The van der Waals surface area contributed by atoms with Crippen LogP contribution in [0.5, 0.6) is 0 Å². The van der Waals surface area contributed by atoms with E-state index in [1.165, 1.54) is 11.1 Å². The summed E-state index contributed by atoms with van der Waals surface area (Å²) in [6.45, 7) is 4.24. The Morgan fingerprint density at radius 2 is 1.43 bits per heavy atom. The second kappa shape index (κ2) is 6.83. The predicted molar refractivity (Wildman–Crippen MR) is 92.2 cm³/mol. The summed E-state index contributed by atoms with van der Waals surface area (Å²) in [6, 6.07) is 16.0. The maximum atomic E-state index is 6.55. The first-order valence-electron chi connectivity index (χ1n) is 7.21. The minimum absolute atomic E-state index is 0.237. The molecule has 2 aromatic carbocycles. The fraction of sp³-hybridized carbons (Fsp3) is 0.333. The summed E-state index contributed by atoms with van der Waals surface area (Å²) >= 11 is 12.0. The first-order chi connectivity index (χ1) is 9.92. The molecule has 0 aliphatic carbocycles. The van der Waals surface area contributed by atoms with Crippen LogP contribution < -0.4 is 5.73 Å². The largest absolute Gasteiger partial charge is 0.325 e. The SMILES string of the molecule is CCC(C)(N)C(Cc1ccc(Cl)cc1)c1ccc(Cl)cc1. The van der Waals surface area contributed by atoms with Gasteiger partial charge in [0, 0.05) is 21.5 Å². The molecule has 2 atom stereocenters. The molecule has 0 aliphatic heterocycles. The molecular weight excluding hydrogens is 301 g/mol. The van der Waals surface area contributed by atoms with Gasteiger partial charge in [-0.15, -0.1) is 0 Å². The summed E-state index contributed by atoms with van der Waals surface area (Å²) in [6.07, 6.45) is 1.80. The lowest BCUT2D eigenvalue weighted by Gasteiger charge is -2.34. The topological polar surface area (TPSA) is 26.0 Å². The molecular formula is C18H21Cl2N. The van der Waals surface area contributed by atoms with Crippen molar-refractivity contribution in [2.24, 2.45) is 5.73 Å². The monoisotopic (exact) mass is 321 g/mol. The average Bonchev–Trinajstić information content (AvgIpc) is 2.47. The standard InChI is InChI=1S/C18H21Cl2N/c1-3-18(2,21)17(14-6-10-16(20)11-7-14)12-13-4-8-15(19)9-5-13/h4-11,17H,3,12,21H2,1-2H3. The van der Waals surface area contributed by atoms with Gasteiger partial charge in [0.15, 0.2) is 0 Å². The van der Waals surface area contributed by atoms with Crippen molar-refractivity contribution in [3.05, 3.63) is 69.7 Å². The molecule has 0 saturated carbocycles. The van der Waals surface area contributed by atoms with Crippen molar-refractivity contribution in [3.63, 3.8) is 0 Å². The van der Waals surface area contributed by atoms with Crippen LogP contribution in [-0.2, 0) is 6.42 Å². The molecule has 2 rings (SSSR count). The number of hydrogen-bond acceptors (Lipinski definition) is 1. The zero-order chi connectivity index (χ0) is 15.5. The number of benzene rings is 2. The Morgan fingerprint density at radius 3 is 1.90 bits per heavy atom. The molecule has 2 N–H and O–H groups in total. The Balaban J connectivity index is 2.32. The van der Waals surface area contributed by atoms with Gasteiger partial charge in [0.2, 0.25) is 0 Å². The Bertz CT molecular complexity index is 573. The van der Waals surface area contributed by atoms with E-state index in [0.717, 1.165) is 22.9 Å². The first-order valence-corrected chi connectivity index (χ1v) is 7.97. The summed E-state index contributed by atoms with van der Waals surface area (Å²) < 4.78 is 0. The first kappa shape index (κ1) is 16.4. The quantitative estimate of drug-likeness (QED) is 0.778. The number of nitrogens with two attached hydrogens (primary N) is 1. The molecule has 0 fully saturated rings. The average molecular weight is 322 g/mol. The van der Waals surface area contributed by atoms with Crippen molar-refractivity contribution in [2.45, 2.75) is 38.1 Å². The van der Waals surface area contributed by atoms with Crippen molar-refractivity contribution in [3.8, 4) is 0 Å². The van der Waals surface area contributed by atoms with Gasteiger partial charge in [-0.3, -0.25) is 0 Å². The van der Waals surface area contributed by atoms with E-state index in [2.05, 4.69) is 38.1 Å². The Labute approximate surface area is 137 Å². The molecule has 2 aromatic rings. The third-order valence-corrected chi connectivity index (χ3v) is 4.69. The molecule has 0 bridgehead atoms. The molecule has 0 saturated heterocycles. The number of halogens is 2. The zero-order valence-electron chi connectivity index (χ0n) is 12.4. The summed E-state index contributed by atoms with van der Waals surface area (Å²) in [5.74, 6) is 0.237. The van der Waals surface area contributed by atoms with Crippen LogP contribution >= 0.6 is 23.2 Å². The normalized spacial score (nSPS) is 15.5. The number of rotatable bonds is 5. The van der Waals surface area contributed by atoms with E-state index >= 15 is 0 Å². The molecule has 112 valence electrons. The van der Waals surface area contributed by atoms with Crippen LogP contribution in [0.15, 0.2) is 48.5 Å². The van der Waals surface area contributed by atoms with Crippen molar-refractivity contribution in [1.29, 1.82) is 0 Å². The third-order valence-electron chi connectivity index (χ3n) is 4.18. The van der Waals surface area contributed by atoms with Crippen LogP contribution in [-0.4, -0.2) is 5.54 Å². The number of hydrogen-bond donors (Lipinski definition) is 1. The third kappa shape index (κ3) is 4.23. The molecule has 3 heteroatoms. The van der Waals surface area contributed by atoms with Gasteiger partial charge in [0.1, 0.15) is 0 Å². The van der Waals surface area contributed by atoms with E-state index < -0.39 is 0 Å². The summed E-state index contributed by atoms with van der Waals surface area (Å²) in [5, 5.41) is 1.51. The Kier molecular flexibility index (Phi) is 5.32. The van der Waals surface area contributed by atoms with Crippen LogP contribution in [0.4, 0.5) is 0 Å². The molecule has 2 unspecified atom stereocenters. The van der Waals surface area contributed by atoms with Gasteiger partial charge in [0.05, 0.1) is 0 Å². The van der Waals surface area contributed by atoms with Crippen molar-refractivity contribution in [2.75, 3.05) is 0 Å². The van der Waals surface area contributed by atoms with Gasteiger partial charge in [-0.1, -0.05) is 54.4 Å². The maximum absolute atomic E-state index is 6.55. The predicted octanol–water partition coefficient (Wildman–Crippen LogP) is 5.45. The zero-order valence-corrected chi connectivity index (χ0v) is 14.0. The smallest absolute Gasteiger partial charge is 0.0406 e. The second-order valence-corrected chi connectivity index (χ2v) is 6.67. The lowest BCUT2D eigenvalue weighted by molar-refractivity contribution is 0.361. The van der Waals surface area contributed by atoms with Gasteiger partial charge in [-0.2, -0.15) is 0 Å². The van der Waals surface area contributed by atoms with E-state index in [1.54, 1.807) is 0 Å². The van der Waals surface area contributed by atoms with E-state index in [1.807, 2.05) is 24.3 Å². The molecule has 0 heterocycles. The lowest BCUT2D eigenvalue weighted by Crippen LogP contribution is -2.43. The van der Waals surface area contributed by atoms with Gasteiger partial charge < -0.3 is 5.73 Å². The molecule has 0 spiro atoms. The Morgan fingerprint density at radius 1 is 0.952 bits per heavy atom. The lowest BCUT2D eigenvalue weighted by atomic mass is 9.76. The van der Waals surface area contributed by atoms with Crippen LogP contribution in [0.1, 0.15) is 37.3 Å². The van der Waals surface area contributed by atoms with E-state index in [-0.39, 0.29) is 11.5 Å². The van der Waals surface area contributed by atoms with E-state index in [9.17, 15) is 0 Å². The minimum Gasteiger partial charge on any atom is -0.325 e. The molecule has 1 nitrogen and oxygen atoms in total. The highest BCUT2D eigenvalue weighted by molar-refractivity contribution is 6.30. The second-order valence-electron chi connectivity index (χ2n) is 5.79. The highest BCUT2D eigenvalue weighted by Crippen LogP contribution is 2.33. The van der Waals surface area contributed by atoms with Gasteiger partial charge in [-0.05, 0) is 55.2 Å². The Hall–Kier alpha value is -1.02. The van der Waals surface area contributed by atoms with Crippen molar-refractivity contribution < 1.29 is 0 Å². The van der Waals surface area contributed by atoms with Gasteiger partial charge in [-0.25, -0.2) is 0 Å². The molecule has 0 aromatic heterocycles. The van der Waals surface area contributed by atoms with E-state index in [0.29, 0.717) is 0 Å². The minimum atomic E-state index is -0.270. The molecule has 21 heavy (non-hydrogen) atoms. The van der Waals surface area contributed by atoms with Gasteiger partial charge in [0.25, 0.3) is 0 Å². The van der Waals surface area contributed by atoms with Crippen molar-refractivity contribution >= 4 is 23.2 Å². The maximum Gasteiger partial charge on any atom is 0.0406 e. The van der Waals surface area contributed by atoms with Crippen LogP contribution in [0.25, 0.3) is 0 Å². The van der Waals surface area contributed by atoms with Crippen LogP contribution in [0, 0.1) is 0 Å². The van der Waals surface area contributed by atoms with Crippen LogP contribution in [0.2, 0.25) is 10.0 Å². The molecule has 0 aliphatic rings. The van der Waals surface area contributed by atoms with Crippen molar-refractivity contribution in [1.82, 2.24) is 0 Å². The summed E-state index contributed by atoms with van der Waals surface area (Å²) in [5.41, 5.74) is 8.74. The molecule has 0 amide bonds. The molecule has 0 radical (unpaired) electrons. The fourth-order valence-corrected chi connectivity index (χ4v) is 2.78. The van der Waals surface area contributed by atoms with Gasteiger partial charge >= 0.3 is 0 Å². The summed E-state index contributed by atoms with van der Waals surface area (Å²) in [7, 11) is 0. The highest BCUT2D eigenvalue weighted by Gasteiger charge is 2.29. The highest BCUT2D eigenvalue weighted by atomic mass is 35.5. The fourth-order valence-electron chi connectivity index (χ4n) is 2.53. The van der Waals surface area contributed by atoms with Crippen LogP contribution in [0.3, 0.4) is 0 Å². The van der Waals surface area contributed by atoms with E-state index in [4.69, 9.17) is 28.9 Å². The summed E-state index contributed by atoms with van der Waals surface area (Å²) in [4.78, 5) is 0.